The minimum Gasteiger partial charge on any atom is -0.618 e. The van der Waals surface area contributed by atoms with Crippen molar-refractivity contribution in [2.45, 2.75) is 6.18 Å². The van der Waals surface area contributed by atoms with Gasteiger partial charge in [0.25, 0.3) is 0 Å². The fraction of sp³-hybridized carbons (Fsp3) is 0.0714. The molecule has 0 aliphatic carbocycles. The topological polar surface area (TPSA) is 136 Å². The van der Waals surface area contributed by atoms with Gasteiger partial charge in [0, 0.05) is 17.7 Å². The van der Waals surface area contributed by atoms with Crippen molar-refractivity contribution < 1.29 is 33.0 Å². The fourth-order valence-electron chi connectivity index (χ4n) is 2.39. The first kappa shape index (κ1) is 18.3. The van der Waals surface area contributed by atoms with E-state index in [1.807, 2.05) is 0 Å². The van der Waals surface area contributed by atoms with Crippen LogP contribution in [-0.2, 0) is 6.18 Å². The van der Waals surface area contributed by atoms with E-state index in [9.17, 15) is 38.7 Å². The van der Waals surface area contributed by atoms with Gasteiger partial charge >= 0.3 is 17.6 Å². The van der Waals surface area contributed by atoms with Crippen molar-refractivity contribution in [1.82, 2.24) is 9.59 Å². The molecule has 0 spiro atoms. The predicted molar refractivity (Wildman–Crippen MR) is 84.7 cm³/mol. The maximum absolute atomic E-state index is 13.3. The molecule has 0 saturated carbocycles. The Hall–Kier alpha value is -3.48. The van der Waals surface area contributed by atoms with E-state index in [1.165, 1.54) is 0 Å². The second kappa shape index (κ2) is 6.35. The zero-order valence-corrected chi connectivity index (χ0v) is 13.7. The molecule has 2 aromatic heterocycles. The number of nitro benzene ring substituents is 1. The summed E-state index contributed by atoms with van der Waals surface area (Å²) in [6.45, 7) is 0. The highest BCUT2D eigenvalue weighted by molar-refractivity contribution is 7.09. The zero-order valence-electron chi connectivity index (χ0n) is 12.8. The Bertz CT molecular complexity index is 1050. The van der Waals surface area contributed by atoms with Crippen LogP contribution in [0.5, 0.6) is 11.5 Å². The Balaban J connectivity index is 2.26. The number of hydrogen-bond donors (Lipinski definition) is 2. The number of benzene rings is 1. The molecule has 0 amide bonds. The van der Waals surface area contributed by atoms with Gasteiger partial charge in [-0.2, -0.15) is 17.9 Å². The molecule has 0 radical (unpaired) electrons. The van der Waals surface area contributed by atoms with Crippen LogP contribution in [-0.4, -0.2) is 24.7 Å². The van der Waals surface area contributed by atoms with Crippen LogP contribution in [0, 0.1) is 15.3 Å². The molecular formula is C14H7F3N4O5S. The molecule has 0 unspecified atom stereocenters. The number of halogens is 3. The van der Waals surface area contributed by atoms with Crippen LogP contribution in [0.25, 0.3) is 21.7 Å². The molecule has 0 aliphatic heterocycles. The van der Waals surface area contributed by atoms with Gasteiger partial charge < -0.3 is 15.4 Å². The second-order valence-corrected chi connectivity index (χ2v) is 5.92. The summed E-state index contributed by atoms with van der Waals surface area (Å²) in [6.07, 6.45) is -4.31. The molecule has 0 atom stereocenters. The van der Waals surface area contributed by atoms with E-state index in [4.69, 9.17) is 0 Å². The summed E-state index contributed by atoms with van der Waals surface area (Å²) in [5, 5.41) is 45.5. The normalized spacial score (nSPS) is 11.5. The molecule has 0 saturated heterocycles. The quantitative estimate of drug-likeness (QED) is 0.227. The lowest BCUT2D eigenvalue weighted by Crippen LogP contribution is -2.37. The van der Waals surface area contributed by atoms with Crippen LogP contribution in [0.3, 0.4) is 0 Å². The number of nitrogens with zero attached hydrogens (tertiary/aromatic N) is 4. The second-order valence-electron chi connectivity index (χ2n) is 5.16. The first-order valence-electron chi connectivity index (χ1n) is 6.94. The summed E-state index contributed by atoms with van der Waals surface area (Å²) in [6, 6.07) is 3.85. The highest BCUT2D eigenvalue weighted by atomic mass is 32.1. The SMILES string of the molecule is O=[N+]([O-])c1cc(-c2nnsc2-c2ccc[n+]([O-])c2C(F)(F)F)cc(O)c1O. The Morgan fingerprint density at radius 2 is 1.96 bits per heavy atom. The number of phenols is 2. The maximum Gasteiger partial charge on any atom is 0.479 e. The van der Waals surface area contributed by atoms with Gasteiger partial charge in [-0.1, -0.05) is 4.49 Å². The van der Waals surface area contributed by atoms with E-state index < -0.39 is 39.5 Å². The summed E-state index contributed by atoms with van der Waals surface area (Å²) in [5.74, 6) is -1.86. The zero-order chi connectivity index (χ0) is 19.9. The van der Waals surface area contributed by atoms with Gasteiger partial charge in [0.1, 0.15) is 5.69 Å². The third-order valence-corrected chi connectivity index (χ3v) is 4.26. The number of nitro groups is 1. The number of phenolic OH excluding ortho intramolecular Hbond substituents is 2. The van der Waals surface area contributed by atoms with Crippen molar-refractivity contribution >= 4 is 17.2 Å². The molecule has 1 aromatic carbocycles. The summed E-state index contributed by atoms with van der Waals surface area (Å²) in [7, 11) is 0. The molecule has 27 heavy (non-hydrogen) atoms. The monoisotopic (exact) mass is 400 g/mol. The van der Waals surface area contributed by atoms with Crippen molar-refractivity contribution in [3.8, 4) is 33.2 Å². The average molecular weight is 400 g/mol. The standard InChI is InChI=1S/C14H7F3N4O5S/c15-14(16,17)13-7(2-1-3-20(13)24)12-10(18-19-27-12)6-4-8(21(25)26)11(23)9(22)5-6/h1-5,22-23H. The number of hydrogen-bond acceptors (Lipinski definition) is 8. The maximum atomic E-state index is 13.3. The van der Waals surface area contributed by atoms with Crippen molar-refractivity contribution in [3.05, 3.63) is 51.5 Å². The van der Waals surface area contributed by atoms with Crippen LogP contribution in [0.15, 0.2) is 30.5 Å². The number of aromatic nitrogens is 3. The number of alkyl halides is 3. The van der Waals surface area contributed by atoms with Crippen LogP contribution in [0.2, 0.25) is 0 Å². The smallest absolute Gasteiger partial charge is 0.479 e. The van der Waals surface area contributed by atoms with Crippen molar-refractivity contribution in [1.29, 1.82) is 0 Å². The van der Waals surface area contributed by atoms with Crippen LogP contribution in [0.4, 0.5) is 18.9 Å². The summed E-state index contributed by atoms with van der Waals surface area (Å²) < 4.78 is 43.1. The van der Waals surface area contributed by atoms with Gasteiger partial charge in [0.15, 0.2) is 11.9 Å². The molecule has 2 N–H and O–H groups in total. The highest BCUT2D eigenvalue weighted by Gasteiger charge is 2.44. The first-order chi connectivity index (χ1) is 12.6. The van der Waals surface area contributed by atoms with Gasteiger partial charge in [-0.05, 0) is 23.7 Å². The number of pyridine rings is 1. The first-order valence-corrected chi connectivity index (χ1v) is 7.71. The molecule has 0 fully saturated rings. The lowest BCUT2D eigenvalue weighted by Gasteiger charge is -2.11. The van der Waals surface area contributed by atoms with Crippen LogP contribution in [0.1, 0.15) is 5.69 Å². The van der Waals surface area contributed by atoms with Crippen molar-refractivity contribution in [3.63, 3.8) is 0 Å². The van der Waals surface area contributed by atoms with E-state index in [-0.39, 0.29) is 20.9 Å². The third kappa shape index (κ3) is 3.19. The summed E-state index contributed by atoms with van der Waals surface area (Å²) in [5.41, 5.74) is -3.28. The van der Waals surface area contributed by atoms with Gasteiger partial charge in [0.05, 0.1) is 15.4 Å². The van der Waals surface area contributed by atoms with E-state index in [0.717, 1.165) is 24.3 Å². The molecule has 9 nitrogen and oxygen atoms in total. The molecule has 0 aliphatic rings. The molecule has 3 rings (SSSR count). The van der Waals surface area contributed by atoms with E-state index in [2.05, 4.69) is 9.59 Å². The van der Waals surface area contributed by atoms with Gasteiger partial charge in [-0.3, -0.25) is 10.1 Å². The number of aromatic hydroxyl groups is 2. The van der Waals surface area contributed by atoms with Gasteiger partial charge in [0.2, 0.25) is 5.75 Å². The lowest BCUT2D eigenvalue weighted by atomic mass is 10.0. The van der Waals surface area contributed by atoms with Crippen LogP contribution < -0.4 is 4.73 Å². The van der Waals surface area contributed by atoms with E-state index in [0.29, 0.717) is 17.7 Å². The van der Waals surface area contributed by atoms with Crippen molar-refractivity contribution in [2.24, 2.45) is 0 Å². The Kier molecular flexibility index (Phi) is 4.31. The Labute approximate surface area is 151 Å². The van der Waals surface area contributed by atoms with Crippen molar-refractivity contribution in [2.75, 3.05) is 0 Å². The predicted octanol–water partition coefficient (Wildman–Crippen LogP) is 2.84. The summed E-state index contributed by atoms with van der Waals surface area (Å²) >= 11 is 0.533. The largest absolute Gasteiger partial charge is 0.618 e. The minimum atomic E-state index is -4.98. The fourth-order valence-corrected chi connectivity index (χ4v) is 3.10. The van der Waals surface area contributed by atoms with E-state index in [1.54, 1.807) is 0 Å². The number of rotatable bonds is 3. The molecule has 0 bridgehead atoms. The molecule has 3 aromatic rings. The lowest BCUT2D eigenvalue weighted by molar-refractivity contribution is -0.628. The van der Waals surface area contributed by atoms with Gasteiger partial charge in [-0.15, -0.1) is 5.10 Å². The Morgan fingerprint density at radius 1 is 1.26 bits per heavy atom. The van der Waals surface area contributed by atoms with E-state index >= 15 is 0 Å². The minimum absolute atomic E-state index is 0.157. The summed E-state index contributed by atoms with van der Waals surface area (Å²) in [4.78, 5) is 9.82. The molecule has 13 heteroatoms. The van der Waals surface area contributed by atoms with Crippen LogP contribution >= 0.6 is 11.5 Å². The molecule has 140 valence electrons. The molecule has 2 heterocycles. The average Bonchev–Trinajstić information content (AvgIpc) is 3.05. The van der Waals surface area contributed by atoms with Gasteiger partial charge in [-0.25, -0.2) is 0 Å². The molecular weight excluding hydrogens is 393 g/mol. The third-order valence-electron chi connectivity index (χ3n) is 3.50. The Morgan fingerprint density at radius 3 is 2.59 bits per heavy atom. The highest BCUT2D eigenvalue weighted by Crippen LogP contribution is 2.44.